The predicted molar refractivity (Wildman–Crippen MR) is 138 cm³/mol. The summed E-state index contributed by atoms with van der Waals surface area (Å²) in [5, 5.41) is 0. The summed E-state index contributed by atoms with van der Waals surface area (Å²) in [6, 6.07) is 17.3. The predicted octanol–water partition coefficient (Wildman–Crippen LogP) is 4.56. The molecule has 0 spiro atoms. The average molecular weight is 502 g/mol. The molecular formula is C29H28FN3O4. The number of aromatic nitrogens is 2. The number of aryl methyl sites for hydroxylation is 1. The van der Waals surface area contributed by atoms with Crippen molar-refractivity contribution in [3.05, 3.63) is 88.1 Å². The van der Waals surface area contributed by atoms with Crippen molar-refractivity contribution in [2.45, 2.75) is 26.3 Å². The molecule has 1 aromatic heterocycles. The monoisotopic (exact) mass is 501 g/mol. The Morgan fingerprint density at radius 1 is 0.973 bits per heavy atom. The van der Waals surface area contributed by atoms with Crippen LogP contribution in [0.25, 0.3) is 16.7 Å². The van der Waals surface area contributed by atoms with Crippen molar-refractivity contribution >= 4 is 16.8 Å². The van der Waals surface area contributed by atoms with Crippen molar-refractivity contribution in [3.8, 4) is 17.2 Å². The quantitative estimate of drug-likeness (QED) is 0.363. The van der Waals surface area contributed by atoms with E-state index >= 15 is 0 Å². The molecule has 0 N–H and O–H groups in total. The molecule has 0 amide bonds. The van der Waals surface area contributed by atoms with Crippen LogP contribution < -0.4 is 15.2 Å². The van der Waals surface area contributed by atoms with Gasteiger partial charge in [0, 0.05) is 30.6 Å². The van der Waals surface area contributed by atoms with E-state index in [1.54, 1.807) is 16.7 Å². The van der Waals surface area contributed by atoms with Crippen molar-refractivity contribution in [3.63, 3.8) is 0 Å². The zero-order valence-corrected chi connectivity index (χ0v) is 20.7. The van der Waals surface area contributed by atoms with E-state index in [0.29, 0.717) is 30.2 Å². The number of ketones is 1. The van der Waals surface area contributed by atoms with Gasteiger partial charge in [0.15, 0.2) is 17.3 Å². The summed E-state index contributed by atoms with van der Waals surface area (Å²) in [6.07, 6.45) is 1.51. The molecule has 1 fully saturated rings. The van der Waals surface area contributed by atoms with E-state index in [0.717, 1.165) is 48.2 Å². The third kappa shape index (κ3) is 4.31. The second-order valence-electron chi connectivity index (χ2n) is 9.74. The third-order valence-corrected chi connectivity index (χ3v) is 7.49. The number of carbonyl (C=O) groups is 1. The van der Waals surface area contributed by atoms with Crippen molar-refractivity contribution in [1.82, 2.24) is 14.0 Å². The first-order chi connectivity index (χ1) is 18.0. The molecule has 0 atom stereocenters. The maximum atomic E-state index is 13.7. The molecule has 190 valence electrons. The zero-order valence-electron chi connectivity index (χ0n) is 20.7. The van der Waals surface area contributed by atoms with Crippen LogP contribution in [0.15, 0.2) is 65.5 Å². The third-order valence-electron chi connectivity index (χ3n) is 7.49. The number of hydrogen-bond acceptors (Lipinski definition) is 5. The fourth-order valence-electron chi connectivity index (χ4n) is 5.46. The Morgan fingerprint density at radius 3 is 2.51 bits per heavy atom. The number of fused-ring (bicyclic) bond motifs is 2. The fourth-order valence-corrected chi connectivity index (χ4v) is 5.46. The molecular weight excluding hydrogens is 473 g/mol. The second-order valence-corrected chi connectivity index (χ2v) is 9.74. The first-order valence-corrected chi connectivity index (χ1v) is 12.6. The van der Waals surface area contributed by atoms with Gasteiger partial charge in [-0.1, -0.05) is 12.1 Å². The Balaban J connectivity index is 1.20. The van der Waals surface area contributed by atoms with Crippen LogP contribution >= 0.6 is 0 Å². The molecule has 0 radical (unpaired) electrons. The summed E-state index contributed by atoms with van der Waals surface area (Å²) < 4.78 is 27.8. The maximum absolute atomic E-state index is 13.7. The minimum absolute atomic E-state index is 0.0556. The first kappa shape index (κ1) is 23.5. The molecule has 37 heavy (non-hydrogen) atoms. The van der Waals surface area contributed by atoms with Gasteiger partial charge < -0.3 is 14.4 Å². The van der Waals surface area contributed by atoms with Gasteiger partial charge in [-0.2, -0.15) is 0 Å². The number of piperidine rings is 1. The number of halogens is 1. The lowest BCUT2D eigenvalue weighted by Crippen LogP contribution is -2.39. The lowest BCUT2D eigenvalue weighted by molar-refractivity contribution is 0.0837. The van der Waals surface area contributed by atoms with Crippen LogP contribution in [0.3, 0.4) is 0 Å². The van der Waals surface area contributed by atoms with E-state index in [1.807, 2.05) is 47.9 Å². The summed E-state index contributed by atoms with van der Waals surface area (Å²) in [4.78, 5) is 28.8. The average Bonchev–Trinajstić information content (AvgIpc) is 3.50. The Bertz CT molecular complexity index is 1530. The summed E-state index contributed by atoms with van der Waals surface area (Å²) in [5.74, 6) is 1.00. The van der Waals surface area contributed by atoms with Gasteiger partial charge >= 0.3 is 5.69 Å². The highest BCUT2D eigenvalue weighted by atomic mass is 19.1. The number of rotatable bonds is 6. The molecule has 2 aliphatic rings. The first-order valence-electron chi connectivity index (χ1n) is 12.6. The fraction of sp³-hybridized carbons (Fsp3) is 0.310. The van der Waals surface area contributed by atoms with Gasteiger partial charge in [0.1, 0.15) is 5.82 Å². The molecule has 2 aliphatic heterocycles. The highest BCUT2D eigenvalue weighted by Gasteiger charge is 2.26. The molecule has 3 heterocycles. The van der Waals surface area contributed by atoms with Crippen LogP contribution in [0.4, 0.5) is 4.39 Å². The largest absolute Gasteiger partial charge is 0.454 e. The lowest BCUT2D eigenvalue weighted by atomic mass is 9.89. The van der Waals surface area contributed by atoms with Crippen LogP contribution in [0.1, 0.15) is 28.8 Å². The molecule has 4 aromatic rings. The standard InChI is InChI=1S/C29H28FN3O4/c1-19-3-2-4-24-27(19)33(23-9-10-25-26(17-23)37-18-36-25)29(35)32(24)16-15-31-13-11-21(12-14-31)28(34)20-5-7-22(30)8-6-20/h2-10,17,21H,11-16,18H2,1H3. The number of carbonyl (C=O) groups excluding carboxylic acids is 1. The number of likely N-dealkylation sites (tertiary alicyclic amines) is 1. The van der Waals surface area contributed by atoms with Gasteiger partial charge in [0.2, 0.25) is 6.79 Å². The number of imidazole rings is 1. The number of ether oxygens (including phenoxy) is 2. The Hall–Kier alpha value is -3.91. The summed E-state index contributed by atoms with van der Waals surface area (Å²) >= 11 is 0. The number of Topliss-reactive ketones (excluding diaryl/α,β-unsaturated/α-hetero) is 1. The highest BCUT2D eigenvalue weighted by Crippen LogP contribution is 2.34. The summed E-state index contributed by atoms with van der Waals surface area (Å²) in [6.45, 7) is 5.02. The lowest BCUT2D eigenvalue weighted by Gasteiger charge is -2.31. The topological polar surface area (TPSA) is 65.7 Å². The van der Waals surface area contributed by atoms with E-state index in [1.165, 1.54) is 12.1 Å². The molecule has 7 nitrogen and oxygen atoms in total. The van der Waals surface area contributed by atoms with Crippen LogP contribution in [0, 0.1) is 18.7 Å². The molecule has 0 unspecified atom stereocenters. The number of hydrogen-bond donors (Lipinski definition) is 0. The van der Waals surface area contributed by atoms with Crippen molar-refractivity contribution in [2.24, 2.45) is 5.92 Å². The van der Waals surface area contributed by atoms with Crippen LogP contribution in [0.5, 0.6) is 11.5 Å². The van der Waals surface area contributed by atoms with Crippen LogP contribution in [-0.4, -0.2) is 46.2 Å². The normalized spacial score (nSPS) is 15.9. The van der Waals surface area contributed by atoms with E-state index < -0.39 is 0 Å². The SMILES string of the molecule is Cc1cccc2c1n(-c1ccc3c(c1)OCO3)c(=O)n2CCN1CCC(C(=O)c2ccc(F)cc2)CC1. The van der Waals surface area contributed by atoms with Crippen molar-refractivity contribution in [2.75, 3.05) is 26.4 Å². The van der Waals surface area contributed by atoms with Gasteiger partial charge in [-0.05, 0) is 80.9 Å². The minimum atomic E-state index is -0.336. The second kappa shape index (κ2) is 9.52. The van der Waals surface area contributed by atoms with E-state index in [9.17, 15) is 14.0 Å². The Kier molecular flexibility index (Phi) is 6.04. The van der Waals surface area contributed by atoms with E-state index in [4.69, 9.17) is 9.47 Å². The smallest absolute Gasteiger partial charge is 0.333 e. The number of para-hydroxylation sites is 1. The molecule has 1 saturated heterocycles. The molecule has 0 bridgehead atoms. The maximum Gasteiger partial charge on any atom is 0.333 e. The molecule has 0 saturated carbocycles. The molecule has 0 aliphatic carbocycles. The van der Waals surface area contributed by atoms with Crippen molar-refractivity contribution in [1.29, 1.82) is 0 Å². The van der Waals surface area contributed by atoms with Gasteiger partial charge in [0.25, 0.3) is 0 Å². The Labute approximate surface area is 213 Å². The van der Waals surface area contributed by atoms with Gasteiger partial charge in [-0.3, -0.25) is 13.9 Å². The highest BCUT2D eigenvalue weighted by molar-refractivity contribution is 5.97. The minimum Gasteiger partial charge on any atom is -0.454 e. The van der Waals surface area contributed by atoms with E-state index in [-0.39, 0.29) is 30.0 Å². The number of benzene rings is 3. The molecule has 6 rings (SSSR count). The van der Waals surface area contributed by atoms with Gasteiger partial charge in [-0.15, -0.1) is 0 Å². The number of nitrogens with zero attached hydrogens (tertiary/aromatic N) is 3. The van der Waals surface area contributed by atoms with Crippen LogP contribution in [-0.2, 0) is 6.54 Å². The molecule has 8 heteroatoms. The Morgan fingerprint density at radius 2 is 1.73 bits per heavy atom. The molecule has 3 aromatic carbocycles. The zero-order chi connectivity index (χ0) is 25.5. The summed E-state index contributed by atoms with van der Waals surface area (Å²) in [5.41, 5.74) is 4.01. The van der Waals surface area contributed by atoms with Crippen LogP contribution in [0.2, 0.25) is 0 Å². The van der Waals surface area contributed by atoms with Gasteiger partial charge in [-0.25, -0.2) is 9.18 Å². The van der Waals surface area contributed by atoms with Crippen molar-refractivity contribution < 1.29 is 18.7 Å². The van der Waals surface area contributed by atoms with Gasteiger partial charge in [0.05, 0.1) is 16.7 Å². The summed E-state index contributed by atoms with van der Waals surface area (Å²) in [7, 11) is 0. The van der Waals surface area contributed by atoms with E-state index in [2.05, 4.69) is 4.90 Å².